The summed E-state index contributed by atoms with van der Waals surface area (Å²) in [6.07, 6.45) is 4.22. The molecule has 1 atom stereocenters. The Hall–Kier alpha value is -1.31. The molecule has 0 heterocycles. The molecular formula is C12H14O2. The molecule has 1 aliphatic rings. The predicted molar refractivity (Wildman–Crippen MR) is 54.7 cm³/mol. The zero-order chi connectivity index (χ0) is 9.97. The molecular weight excluding hydrogens is 176 g/mol. The molecule has 0 aromatic heterocycles. The van der Waals surface area contributed by atoms with Gasteiger partial charge in [-0.15, -0.1) is 0 Å². The van der Waals surface area contributed by atoms with Crippen LogP contribution in [0.4, 0.5) is 0 Å². The minimum absolute atomic E-state index is 0.102. The first-order chi connectivity index (χ1) is 6.85. The molecule has 14 heavy (non-hydrogen) atoms. The Balaban J connectivity index is 2.40. The molecule has 0 N–H and O–H groups in total. The van der Waals surface area contributed by atoms with Crippen LogP contribution >= 0.6 is 0 Å². The highest BCUT2D eigenvalue weighted by molar-refractivity contribution is 5.64. The highest BCUT2D eigenvalue weighted by Gasteiger charge is 2.19. The molecule has 0 fully saturated rings. The van der Waals surface area contributed by atoms with Crippen molar-refractivity contribution in [2.45, 2.75) is 25.2 Å². The van der Waals surface area contributed by atoms with Crippen LogP contribution < -0.4 is 4.74 Å². The smallest absolute Gasteiger partial charge is 0.127 e. The van der Waals surface area contributed by atoms with Crippen LogP contribution in [0.1, 0.15) is 29.9 Å². The third kappa shape index (κ3) is 1.52. The zero-order valence-corrected chi connectivity index (χ0v) is 8.32. The van der Waals surface area contributed by atoms with E-state index in [1.54, 1.807) is 7.11 Å². The van der Waals surface area contributed by atoms with Crippen molar-refractivity contribution in [3.63, 3.8) is 0 Å². The van der Waals surface area contributed by atoms with Gasteiger partial charge in [-0.25, -0.2) is 0 Å². The summed E-state index contributed by atoms with van der Waals surface area (Å²) < 4.78 is 5.16. The monoisotopic (exact) mass is 190 g/mol. The second-order valence-electron chi connectivity index (χ2n) is 3.70. The first-order valence-corrected chi connectivity index (χ1v) is 4.97. The van der Waals surface area contributed by atoms with Crippen LogP contribution in [0.15, 0.2) is 18.2 Å². The van der Waals surface area contributed by atoms with Gasteiger partial charge in [0.25, 0.3) is 0 Å². The van der Waals surface area contributed by atoms with E-state index in [1.807, 2.05) is 18.2 Å². The van der Waals surface area contributed by atoms with Crippen LogP contribution in [0.5, 0.6) is 5.75 Å². The summed E-state index contributed by atoms with van der Waals surface area (Å²) >= 11 is 0. The first kappa shape index (κ1) is 9.25. The molecule has 0 radical (unpaired) electrons. The van der Waals surface area contributed by atoms with Crippen molar-refractivity contribution < 1.29 is 9.53 Å². The zero-order valence-electron chi connectivity index (χ0n) is 8.32. The predicted octanol–water partition coefficient (Wildman–Crippen LogP) is 2.31. The van der Waals surface area contributed by atoms with Gasteiger partial charge in [0, 0.05) is 5.92 Å². The van der Waals surface area contributed by atoms with Crippen LogP contribution in [0.25, 0.3) is 0 Å². The lowest BCUT2D eigenvalue weighted by molar-refractivity contribution is -0.109. The summed E-state index contributed by atoms with van der Waals surface area (Å²) in [7, 11) is 1.67. The number of carbonyl (C=O) groups excluding carboxylic acids is 1. The number of rotatable bonds is 2. The van der Waals surface area contributed by atoms with E-state index in [2.05, 4.69) is 0 Å². The van der Waals surface area contributed by atoms with Crippen molar-refractivity contribution in [2.24, 2.45) is 0 Å². The van der Waals surface area contributed by atoms with Crippen molar-refractivity contribution >= 4 is 6.29 Å². The van der Waals surface area contributed by atoms with Crippen molar-refractivity contribution in [3.8, 4) is 5.75 Å². The summed E-state index contributed by atoms with van der Waals surface area (Å²) in [6.45, 7) is 0. The maximum Gasteiger partial charge on any atom is 0.127 e. The Kier molecular flexibility index (Phi) is 2.53. The first-order valence-electron chi connectivity index (χ1n) is 4.97. The fourth-order valence-corrected chi connectivity index (χ4v) is 2.10. The molecule has 2 nitrogen and oxygen atoms in total. The fourth-order valence-electron chi connectivity index (χ4n) is 2.10. The molecule has 74 valence electrons. The number of aryl methyl sites for hydroxylation is 1. The van der Waals surface area contributed by atoms with Crippen molar-refractivity contribution in [3.05, 3.63) is 29.3 Å². The van der Waals surface area contributed by atoms with E-state index in [1.165, 1.54) is 11.1 Å². The number of fused-ring (bicyclic) bond motifs is 1. The Morgan fingerprint density at radius 1 is 1.50 bits per heavy atom. The number of benzene rings is 1. The molecule has 2 heteroatoms. The van der Waals surface area contributed by atoms with Gasteiger partial charge < -0.3 is 9.53 Å². The summed E-state index contributed by atoms with van der Waals surface area (Å²) in [6, 6.07) is 6.00. The summed E-state index contributed by atoms with van der Waals surface area (Å²) in [5, 5.41) is 0. The second kappa shape index (κ2) is 3.82. The minimum atomic E-state index is 0.102. The molecule has 0 amide bonds. The Bertz CT molecular complexity index is 344. The number of hydrogen-bond acceptors (Lipinski definition) is 2. The molecule has 0 saturated carbocycles. The minimum Gasteiger partial charge on any atom is -0.497 e. The van der Waals surface area contributed by atoms with E-state index in [9.17, 15) is 4.79 Å². The van der Waals surface area contributed by atoms with E-state index in [4.69, 9.17) is 4.74 Å². The van der Waals surface area contributed by atoms with Crippen molar-refractivity contribution in [1.29, 1.82) is 0 Å². The molecule has 2 rings (SSSR count). The number of methoxy groups -OCH3 is 1. The van der Waals surface area contributed by atoms with Crippen LogP contribution in [-0.2, 0) is 11.2 Å². The molecule has 0 spiro atoms. The number of hydrogen-bond donors (Lipinski definition) is 0. The third-order valence-electron chi connectivity index (χ3n) is 2.88. The van der Waals surface area contributed by atoms with Crippen molar-refractivity contribution in [2.75, 3.05) is 7.11 Å². The van der Waals surface area contributed by atoms with E-state index < -0.39 is 0 Å². The lowest BCUT2D eigenvalue weighted by Gasteiger charge is -2.21. The highest BCUT2D eigenvalue weighted by Crippen LogP contribution is 2.32. The van der Waals surface area contributed by atoms with Crippen LogP contribution in [-0.4, -0.2) is 13.4 Å². The topological polar surface area (TPSA) is 26.3 Å². The molecule has 1 unspecified atom stereocenters. The average molecular weight is 190 g/mol. The molecule has 0 bridgehead atoms. The van der Waals surface area contributed by atoms with Gasteiger partial charge >= 0.3 is 0 Å². The second-order valence-corrected chi connectivity index (χ2v) is 3.70. The summed E-state index contributed by atoms with van der Waals surface area (Å²) in [5.41, 5.74) is 2.46. The molecule has 1 aromatic carbocycles. The molecule has 0 saturated heterocycles. The Labute approximate surface area is 83.9 Å². The maximum atomic E-state index is 10.8. The van der Waals surface area contributed by atoms with Gasteiger partial charge in [-0.05, 0) is 42.5 Å². The van der Waals surface area contributed by atoms with Gasteiger partial charge in [-0.2, -0.15) is 0 Å². The SMILES string of the molecule is COc1ccc2c(c1)CCCC2C=O. The van der Waals surface area contributed by atoms with Crippen LogP contribution in [0, 0.1) is 0 Å². The van der Waals surface area contributed by atoms with E-state index >= 15 is 0 Å². The maximum absolute atomic E-state index is 10.8. The number of carbonyl (C=O) groups is 1. The van der Waals surface area contributed by atoms with Gasteiger partial charge in [0.05, 0.1) is 7.11 Å². The Morgan fingerprint density at radius 2 is 2.36 bits per heavy atom. The van der Waals surface area contributed by atoms with Gasteiger partial charge in [-0.3, -0.25) is 0 Å². The average Bonchev–Trinajstić information content (AvgIpc) is 2.27. The van der Waals surface area contributed by atoms with Gasteiger partial charge in [0.1, 0.15) is 12.0 Å². The van der Waals surface area contributed by atoms with E-state index in [-0.39, 0.29) is 5.92 Å². The van der Waals surface area contributed by atoms with Crippen molar-refractivity contribution in [1.82, 2.24) is 0 Å². The molecule has 1 aliphatic carbocycles. The molecule has 1 aromatic rings. The number of aldehydes is 1. The molecule has 0 aliphatic heterocycles. The van der Waals surface area contributed by atoms with E-state index in [0.29, 0.717) is 0 Å². The highest BCUT2D eigenvalue weighted by atomic mass is 16.5. The summed E-state index contributed by atoms with van der Waals surface area (Å²) in [4.78, 5) is 10.8. The fraction of sp³-hybridized carbons (Fsp3) is 0.417. The van der Waals surface area contributed by atoms with Gasteiger partial charge in [-0.1, -0.05) is 6.07 Å². The van der Waals surface area contributed by atoms with E-state index in [0.717, 1.165) is 31.3 Å². The Morgan fingerprint density at radius 3 is 3.07 bits per heavy atom. The van der Waals surface area contributed by atoms with Gasteiger partial charge in [0.15, 0.2) is 0 Å². The lowest BCUT2D eigenvalue weighted by atomic mass is 9.83. The quantitative estimate of drug-likeness (QED) is 0.669. The summed E-state index contributed by atoms with van der Waals surface area (Å²) in [5.74, 6) is 0.986. The third-order valence-corrected chi connectivity index (χ3v) is 2.88. The largest absolute Gasteiger partial charge is 0.497 e. The van der Waals surface area contributed by atoms with Gasteiger partial charge in [0.2, 0.25) is 0 Å². The van der Waals surface area contributed by atoms with Crippen LogP contribution in [0.3, 0.4) is 0 Å². The normalized spacial score (nSPS) is 19.9. The standard InChI is InChI=1S/C12H14O2/c1-14-11-5-6-12-9(7-11)3-2-4-10(12)8-13/h5-8,10H,2-4H2,1H3. The number of ether oxygens (including phenoxy) is 1. The lowest BCUT2D eigenvalue weighted by Crippen LogP contribution is -2.10. The van der Waals surface area contributed by atoms with Crippen LogP contribution in [0.2, 0.25) is 0 Å².